The van der Waals surface area contributed by atoms with Crippen molar-refractivity contribution < 1.29 is 9.53 Å². The molecule has 0 saturated heterocycles. The van der Waals surface area contributed by atoms with E-state index in [9.17, 15) is 4.79 Å². The molecule has 3 rings (SSSR count). The molecule has 0 aromatic carbocycles. The number of anilines is 1. The molecule has 6 heteroatoms. The maximum absolute atomic E-state index is 13.2. The highest BCUT2D eigenvalue weighted by Crippen LogP contribution is 2.49. The Morgan fingerprint density at radius 1 is 1.38 bits per heavy atom. The first kappa shape index (κ1) is 17.9. The van der Waals surface area contributed by atoms with Crippen molar-refractivity contribution in [1.82, 2.24) is 4.98 Å². The molecule has 1 spiro atoms. The smallest absolute Gasteiger partial charge is 0.240 e. The summed E-state index contributed by atoms with van der Waals surface area (Å²) in [6.45, 7) is 7.99. The fourth-order valence-electron chi connectivity index (χ4n) is 3.67. The number of carbonyl (C=O) groups excluding carboxylic acids is 1. The van der Waals surface area contributed by atoms with Crippen LogP contribution in [0.2, 0.25) is 25.7 Å². The third kappa shape index (κ3) is 3.39. The number of alkyl halides is 1. The fraction of sp³-hybridized carbons (Fsp3) is 0.667. The molecule has 0 bridgehead atoms. The quantitative estimate of drug-likeness (QED) is 0.446. The van der Waals surface area contributed by atoms with Crippen molar-refractivity contribution in [3.63, 3.8) is 0 Å². The third-order valence-electron chi connectivity index (χ3n) is 5.20. The van der Waals surface area contributed by atoms with Gasteiger partial charge in [-0.2, -0.15) is 0 Å². The van der Waals surface area contributed by atoms with Crippen LogP contribution < -0.4 is 4.90 Å². The first-order chi connectivity index (χ1) is 11.3. The number of amides is 1. The molecule has 1 aromatic rings. The number of halogens is 1. The summed E-state index contributed by atoms with van der Waals surface area (Å²) in [5.74, 6) is 0.927. The van der Waals surface area contributed by atoms with Crippen LogP contribution >= 0.6 is 11.6 Å². The highest BCUT2D eigenvalue weighted by molar-refractivity contribution is 6.76. The largest absolute Gasteiger partial charge is 0.361 e. The molecule has 2 heterocycles. The van der Waals surface area contributed by atoms with Gasteiger partial charge in [-0.25, -0.2) is 4.98 Å². The van der Waals surface area contributed by atoms with E-state index in [1.807, 2.05) is 6.07 Å². The number of nitrogens with zero attached hydrogens (tertiary/aromatic N) is 2. The lowest BCUT2D eigenvalue weighted by Gasteiger charge is -2.34. The lowest BCUT2D eigenvalue weighted by atomic mass is 9.70. The summed E-state index contributed by atoms with van der Waals surface area (Å²) in [7, 11) is -1.13. The van der Waals surface area contributed by atoms with E-state index in [0.29, 0.717) is 13.3 Å². The molecule has 2 aliphatic rings. The molecule has 4 nitrogen and oxygen atoms in total. The number of fused-ring (bicyclic) bond motifs is 2. The Hall–Kier alpha value is -0.913. The number of pyridine rings is 1. The van der Waals surface area contributed by atoms with Gasteiger partial charge >= 0.3 is 0 Å². The standard InChI is InChI=1S/C18H27ClN2O2Si/c1-24(2,3)12-11-23-13-21-16-15(5-4-10-20-16)18(17(21)22)8-6-14(19)7-9-18/h4-5,10,14H,6-9,11-13H2,1-3H3. The van der Waals surface area contributed by atoms with Crippen LogP contribution in [0.3, 0.4) is 0 Å². The van der Waals surface area contributed by atoms with Crippen LogP contribution in [-0.4, -0.2) is 37.7 Å². The minimum absolute atomic E-state index is 0.146. The molecule has 1 aromatic heterocycles. The Labute approximate surface area is 150 Å². The summed E-state index contributed by atoms with van der Waals surface area (Å²) in [6.07, 6.45) is 5.14. The fourth-order valence-corrected chi connectivity index (χ4v) is 4.64. The van der Waals surface area contributed by atoms with Gasteiger partial charge in [0.25, 0.3) is 0 Å². The highest BCUT2D eigenvalue weighted by atomic mass is 35.5. The number of hydrogen-bond donors (Lipinski definition) is 0. The van der Waals surface area contributed by atoms with E-state index in [1.54, 1.807) is 11.1 Å². The molecular formula is C18H27ClN2O2Si. The maximum Gasteiger partial charge on any atom is 0.240 e. The predicted octanol–water partition coefficient (Wildman–Crippen LogP) is 4.16. The second-order valence-electron chi connectivity index (χ2n) is 8.21. The summed E-state index contributed by atoms with van der Waals surface area (Å²) in [5, 5.41) is 0.186. The zero-order chi connectivity index (χ0) is 17.4. The average molecular weight is 367 g/mol. The first-order valence-corrected chi connectivity index (χ1v) is 13.0. The van der Waals surface area contributed by atoms with Crippen molar-refractivity contribution >= 4 is 31.4 Å². The van der Waals surface area contributed by atoms with Crippen LogP contribution in [-0.2, 0) is 14.9 Å². The second kappa shape index (κ2) is 6.77. The third-order valence-corrected chi connectivity index (χ3v) is 7.34. The van der Waals surface area contributed by atoms with E-state index in [1.165, 1.54) is 0 Å². The van der Waals surface area contributed by atoms with Gasteiger partial charge in [-0.15, -0.1) is 11.6 Å². The van der Waals surface area contributed by atoms with Crippen molar-refractivity contribution in [3.8, 4) is 0 Å². The summed E-state index contributed by atoms with van der Waals surface area (Å²) >= 11 is 6.27. The molecular weight excluding hydrogens is 340 g/mol. The second-order valence-corrected chi connectivity index (χ2v) is 14.5. The van der Waals surface area contributed by atoms with Gasteiger partial charge in [0.05, 0.1) is 5.41 Å². The molecule has 1 amide bonds. The summed E-state index contributed by atoms with van der Waals surface area (Å²) in [5.41, 5.74) is 0.629. The Balaban J connectivity index is 1.76. The molecule has 0 radical (unpaired) electrons. The van der Waals surface area contributed by atoms with Gasteiger partial charge in [-0.3, -0.25) is 9.69 Å². The van der Waals surface area contributed by atoms with E-state index < -0.39 is 13.5 Å². The Kier molecular flexibility index (Phi) is 5.05. The molecule has 24 heavy (non-hydrogen) atoms. The van der Waals surface area contributed by atoms with Crippen LogP contribution in [0.15, 0.2) is 18.3 Å². The van der Waals surface area contributed by atoms with E-state index in [0.717, 1.165) is 43.1 Å². The number of hydrogen-bond acceptors (Lipinski definition) is 3. The van der Waals surface area contributed by atoms with Crippen molar-refractivity contribution in [2.45, 2.75) is 62.2 Å². The van der Waals surface area contributed by atoms with Gasteiger partial charge < -0.3 is 4.74 Å². The van der Waals surface area contributed by atoms with Crippen LogP contribution in [0.5, 0.6) is 0 Å². The van der Waals surface area contributed by atoms with Crippen molar-refractivity contribution in [2.75, 3.05) is 18.2 Å². The molecule has 1 aliphatic carbocycles. The van der Waals surface area contributed by atoms with Crippen LogP contribution in [0.4, 0.5) is 5.82 Å². The van der Waals surface area contributed by atoms with Crippen LogP contribution in [0, 0.1) is 0 Å². The van der Waals surface area contributed by atoms with E-state index in [4.69, 9.17) is 16.3 Å². The molecule has 0 N–H and O–H groups in total. The van der Waals surface area contributed by atoms with Gasteiger partial charge in [0.2, 0.25) is 5.91 Å². The predicted molar refractivity (Wildman–Crippen MR) is 100 cm³/mol. The number of ether oxygens (including phenoxy) is 1. The Morgan fingerprint density at radius 2 is 2.08 bits per heavy atom. The molecule has 1 fully saturated rings. The zero-order valence-corrected chi connectivity index (χ0v) is 16.6. The van der Waals surface area contributed by atoms with Gasteiger partial charge in [0, 0.05) is 31.8 Å². The number of aromatic nitrogens is 1. The van der Waals surface area contributed by atoms with Crippen molar-refractivity contribution in [3.05, 3.63) is 23.9 Å². The Bertz CT molecular complexity index is 609. The summed E-state index contributed by atoms with van der Waals surface area (Å²) in [4.78, 5) is 19.4. The van der Waals surface area contributed by atoms with Gasteiger partial charge in [0.1, 0.15) is 12.5 Å². The topological polar surface area (TPSA) is 42.4 Å². The van der Waals surface area contributed by atoms with Gasteiger partial charge in [0.15, 0.2) is 0 Å². The minimum Gasteiger partial charge on any atom is -0.361 e. The van der Waals surface area contributed by atoms with E-state index >= 15 is 0 Å². The lowest BCUT2D eigenvalue weighted by Crippen LogP contribution is -2.44. The molecule has 0 atom stereocenters. The molecule has 1 saturated carbocycles. The molecule has 0 unspecified atom stereocenters. The van der Waals surface area contributed by atoms with Gasteiger partial charge in [-0.1, -0.05) is 25.7 Å². The van der Waals surface area contributed by atoms with E-state index in [-0.39, 0.29) is 11.3 Å². The average Bonchev–Trinajstić information content (AvgIpc) is 2.76. The maximum atomic E-state index is 13.2. The van der Waals surface area contributed by atoms with Crippen molar-refractivity contribution in [1.29, 1.82) is 0 Å². The summed E-state index contributed by atoms with van der Waals surface area (Å²) in [6, 6.07) is 5.08. The van der Waals surface area contributed by atoms with Crippen molar-refractivity contribution in [2.24, 2.45) is 0 Å². The first-order valence-electron chi connectivity index (χ1n) is 8.83. The minimum atomic E-state index is -1.13. The highest BCUT2D eigenvalue weighted by Gasteiger charge is 2.52. The van der Waals surface area contributed by atoms with Crippen LogP contribution in [0.25, 0.3) is 0 Å². The zero-order valence-electron chi connectivity index (χ0n) is 14.8. The molecule has 132 valence electrons. The number of carbonyl (C=O) groups is 1. The monoisotopic (exact) mass is 366 g/mol. The SMILES string of the molecule is C[Si](C)(C)CCOCN1C(=O)C2(CCC(Cl)CC2)c2cccnc21. The number of rotatable bonds is 5. The lowest BCUT2D eigenvalue weighted by molar-refractivity contribution is -0.125. The van der Waals surface area contributed by atoms with Crippen LogP contribution in [0.1, 0.15) is 31.2 Å². The Morgan fingerprint density at radius 3 is 2.75 bits per heavy atom. The molecule has 1 aliphatic heterocycles. The normalized spacial score (nSPS) is 26.9. The van der Waals surface area contributed by atoms with Gasteiger partial charge in [-0.05, 0) is 37.8 Å². The van der Waals surface area contributed by atoms with E-state index in [2.05, 4.69) is 30.7 Å². The summed E-state index contributed by atoms with van der Waals surface area (Å²) < 4.78 is 5.85.